The van der Waals surface area contributed by atoms with Crippen LogP contribution in [0.4, 0.5) is 0 Å². The lowest BCUT2D eigenvalue weighted by atomic mass is 9.78. The molecule has 10 nitrogen and oxygen atoms in total. The van der Waals surface area contributed by atoms with Gasteiger partial charge in [0.05, 0.1) is 80.7 Å². The van der Waals surface area contributed by atoms with Crippen LogP contribution in [0.1, 0.15) is 132 Å². The molecule has 0 radical (unpaired) electrons. The summed E-state index contributed by atoms with van der Waals surface area (Å²) in [5.41, 5.74) is 3.88. The van der Waals surface area contributed by atoms with Gasteiger partial charge in [0.1, 0.15) is 12.4 Å². The van der Waals surface area contributed by atoms with Crippen molar-refractivity contribution in [2.75, 3.05) is 20.3 Å². The van der Waals surface area contributed by atoms with Crippen LogP contribution in [0.2, 0.25) is 0 Å². The Bertz CT molecular complexity index is 1500. The highest BCUT2D eigenvalue weighted by molar-refractivity contribution is 5.75. The van der Waals surface area contributed by atoms with Crippen LogP contribution in [0.25, 0.3) is 0 Å². The summed E-state index contributed by atoms with van der Waals surface area (Å²) in [4.78, 5) is 24.6. The molecule has 1 aromatic carbocycles. The Labute approximate surface area is 342 Å². The molecule has 4 aliphatic rings. The molecule has 0 N–H and O–H groups in total. The molecule has 3 fully saturated rings. The number of esters is 2. The van der Waals surface area contributed by atoms with Crippen molar-refractivity contribution in [1.82, 2.24) is 0 Å². The largest absolute Gasteiger partial charge is 0.497 e. The fourth-order valence-corrected chi connectivity index (χ4v) is 8.94. The fourth-order valence-electron chi connectivity index (χ4n) is 8.94. The van der Waals surface area contributed by atoms with Crippen molar-refractivity contribution in [3.63, 3.8) is 0 Å². The lowest BCUT2D eigenvalue weighted by Crippen LogP contribution is -2.59. The van der Waals surface area contributed by atoms with E-state index in [0.717, 1.165) is 80.2 Å². The zero-order chi connectivity index (χ0) is 41.3. The summed E-state index contributed by atoms with van der Waals surface area (Å²) in [6.07, 6.45) is 8.04. The van der Waals surface area contributed by atoms with Gasteiger partial charge >= 0.3 is 11.9 Å². The van der Waals surface area contributed by atoms with Crippen molar-refractivity contribution in [1.29, 1.82) is 0 Å². The first kappa shape index (κ1) is 45.3. The highest BCUT2D eigenvalue weighted by atomic mass is 16.6. The number of hydrogen-bond donors (Lipinski definition) is 0. The van der Waals surface area contributed by atoms with E-state index in [-0.39, 0.29) is 79.4 Å². The summed E-state index contributed by atoms with van der Waals surface area (Å²) in [6.45, 7) is 21.7. The van der Waals surface area contributed by atoms with E-state index in [4.69, 9.17) is 37.9 Å². The number of carbonyl (C=O) groups is 2. The molecule has 320 valence electrons. The SMILES string of the molecule is C=C1C[C@H](CCCOC(=O)C(C)(C)C)OC1CC[C@H]1CC(C)=C(COC(=O)CC)C(C[C@@H]2OC3C[C@@H](C)[C@@H](CCC)O[C@H]3[C@H](C)[C@H]2OCc2ccc(OC)cc2)O1. The second kappa shape index (κ2) is 21.0. The van der Waals surface area contributed by atoms with Crippen molar-refractivity contribution in [2.24, 2.45) is 17.3 Å². The Kier molecular flexibility index (Phi) is 16.7. The molecule has 3 saturated heterocycles. The molecule has 0 spiro atoms. The monoisotopic (exact) mass is 797 g/mol. The van der Waals surface area contributed by atoms with Crippen molar-refractivity contribution >= 4 is 11.9 Å². The number of ether oxygens (including phenoxy) is 8. The van der Waals surface area contributed by atoms with Crippen molar-refractivity contribution < 1.29 is 47.5 Å². The molecule has 4 heterocycles. The van der Waals surface area contributed by atoms with Gasteiger partial charge in [0.2, 0.25) is 0 Å². The Balaban J connectivity index is 1.27. The molecule has 0 aromatic heterocycles. The average Bonchev–Trinajstić information content (AvgIpc) is 3.53. The molecule has 0 saturated carbocycles. The van der Waals surface area contributed by atoms with Crippen LogP contribution in [0.5, 0.6) is 5.75 Å². The molecule has 1 aromatic rings. The van der Waals surface area contributed by atoms with Gasteiger partial charge in [0.15, 0.2) is 0 Å². The maximum Gasteiger partial charge on any atom is 0.311 e. The third-order valence-corrected chi connectivity index (χ3v) is 12.4. The molecular weight excluding hydrogens is 725 g/mol. The van der Waals surface area contributed by atoms with Crippen LogP contribution in [-0.4, -0.2) is 87.2 Å². The summed E-state index contributed by atoms with van der Waals surface area (Å²) >= 11 is 0. The molecule has 4 aliphatic heterocycles. The van der Waals surface area contributed by atoms with E-state index in [1.807, 2.05) is 52.0 Å². The predicted molar refractivity (Wildman–Crippen MR) is 220 cm³/mol. The van der Waals surface area contributed by atoms with Gasteiger partial charge in [0.25, 0.3) is 0 Å². The van der Waals surface area contributed by atoms with E-state index in [1.165, 1.54) is 5.57 Å². The zero-order valence-electron chi connectivity index (χ0n) is 36.3. The van der Waals surface area contributed by atoms with E-state index >= 15 is 0 Å². The second-order valence-electron chi connectivity index (χ2n) is 18.1. The van der Waals surface area contributed by atoms with Gasteiger partial charge in [-0.1, -0.05) is 58.4 Å². The van der Waals surface area contributed by atoms with Gasteiger partial charge in [0, 0.05) is 18.8 Å². The highest BCUT2D eigenvalue weighted by Gasteiger charge is 2.50. The summed E-state index contributed by atoms with van der Waals surface area (Å²) in [5.74, 6) is 0.894. The maximum atomic E-state index is 12.4. The van der Waals surface area contributed by atoms with Gasteiger partial charge in [-0.05, 0) is 114 Å². The topological polar surface area (TPSA) is 108 Å². The van der Waals surface area contributed by atoms with E-state index < -0.39 is 5.41 Å². The minimum atomic E-state index is -0.503. The van der Waals surface area contributed by atoms with Crippen molar-refractivity contribution in [2.45, 2.75) is 188 Å². The summed E-state index contributed by atoms with van der Waals surface area (Å²) in [5, 5.41) is 0. The summed E-state index contributed by atoms with van der Waals surface area (Å²) in [6, 6.07) is 8.00. The lowest BCUT2D eigenvalue weighted by Gasteiger charge is -2.51. The predicted octanol–water partition coefficient (Wildman–Crippen LogP) is 9.26. The number of carbonyl (C=O) groups excluding carboxylic acids is 2. The molecule has 11 atom stereocenters. The van der Waals surface area contributed by atoms with Gasteiger partial charge in [-0.2, -0.15) is 0 Å². The van der Waals surface area contributed by atoms with Crippen LogP contribution < -0.4 is 4.74 Å². The molecule has 0 bridgehead atoms. The van der Waals surface area contributed by atoms with E-state index in [9.17, 15) is 9.59 Å². The normalized spacial score (nSPS) is 31.9. The average molecular weight is 797 g/mol. The Morgan fingerprint density at radius 3 is 2.26 bits per heavy atom. The van der Waals surface area contributed by atoms with E-state index in [0.29, 0.717) is 32.0 Å². The molecule has 5 rings (SSSR count). The van der Waals surface area contributed by atoms with Gasteiger partial charge in [-0.25, -0.2) is 0 Å². The maximum absolute atomic E-state index is 12.4. The standard InChI is InChI=1S/C47H72O10/c1-11-14-38-31(5)25-41-45(57-38)32(6)44(53-27-33-16-18-34(50-10)19-17-33)42(56-41)26-40-37(28-52-43(48)12-2)29(3)23-36(55-40)20-21-39-30(4)24-35(54-39)15-13-22-51-46(49)47(7,8)9/h16-19,31-32,35-36,38-42,44-45H,4,11-15,20-28H2,1-3,5-10H3/t31-,32-,35+,36+,38-,39?,40?,41?,42+,44-,45+/m1/s1. The second-order valence-corrected chi connectivity index (χ2v) is 18.1. The Morgan fingerprint density at radius 2 is 1.58 bits per heavy atom. The van der Waals surface area contributed by atoms with E-state index in [2.05, 4.69) is 34.3 Å². The van der Waals surface area contributed by atoms with Gasteiger partial charge in [-0.3, -0.25) is 9.59 Å². The lowest BCUT2D eigenvalue weighted by molar-refractivity contribution is -0.269. The molecule has 0 aliphatic carbocycles. The first-order valence-corrected chi connectivity index (χ1v) is 21.8. The number of benzene rings is 1. The van der Waals surface area contributed by atoms with Crippen LogP contribution in [0.3, 0.4) is 0 Å². The van der Waals surface area contributed by atoms with E-state index in [1.54, 1.807) is 7.11 Å². The van der Waals surface area contributed by atoms with Gasteiger partial charge in [-0.15, -0.1) is 0 Å². The molecule has 57 heavy (non-hydrogen) atoms. The van der Waals surface area contributed by atoms with Crippen LogP contribution in [0.15, 0.2) is 47.6 Å². The first-order valence-electron chi connectivity index (χ1n) is 21.8. The number of methoxy groups -OCH3 is 1. The first-order chi connectivity index (χ1) is 27.2. The summed E-state index contributed by atoms with van der Waals surface area (Å²) < 4.78 is 50.8. The highest BCUT2D eigenvalue weighted by Crippen LogP contribution is 2.43. The Hall–Kier alpha value is -2.76. The minimum absolute atomic E-state index is 0.0341. The molecule has 10 heteroatoms. The molecule has 3 unspecified atom stereocenters. The third-order valence-electron chi connectivity index (χ3n) is 12.4. The van der Waals surface area contributed by atoms with Crippen LogP contribution in [0, 0.1) is 17.3 Å². The smallest absolute Gasteiger partial charge is 0.311 e. The zero-order valence-corrected chi connectivity index (χ0v) is 36.3. The fraction of sp³-hybridized carbons (Fsp3) is 0.745. The number of fused-ring (bicyclic) bond motifs is 1. The third kappa shape index (κ3) is 12.4. The van der Waals surface area contributed by atoms with Crippen LogP contribution >= 0.6 is 0 Å². The minimum Gasteiger partial charge on any atom is -0.497 e. The van der Waals surface area contributed by atoms with Crippen molar-refractivity contribution in [3.8, 4) is 5.75 Å². The van der Waals surface area contributed by atoms with Crippen molar-refractivity contribution in [3.05, 3.63) is 53.1 Å². The van der Waals surface area contributed by atoms with Crippen LogP contribution in [-0.2, 0) is 49.4 Å². The number of hydrogen-bond acceptors (Lipinski definition) is 10. The molecule has 0 amide bonds. The van der Waals surface area contributed by atoms with Gasteiger partial charge < -0.3 is 37.9 Å². The Morgan fingerprint density at radius 1 is 0.860 bits per heavy atom. The number of rotatable bonds is 18. The quantitative estimate of drug-likeness (QED) is 0.0811. The summed E-state index contributed by atoms with van der Waals surface area (Å²) in [7, 11) is 1.67. The molecular formula is C47H72O10.